The molecular weight excluding hydrogens is 564 g/mol. The zero-order valence-corrected chi connectivity index (χ0v) is 32.2. The number of aromatic hydroxyl groups is 1. The Hall–Kier alpha value is -1.51. The maximum absolute atomic E-state index is 12.4. The van der Waals surface area contributed by atoms with E-state index < -0.39 is 0 Å². The summed E-state index contributed by atoms with van der Waals surface area (Å²) in [7, 11) is 0. The maximum Gasteiger partial charge on any atom is 0.306 e. The summed E-state index contributed by atoms with van der Waals surface area (Å²) >= 11 is 0. The molecule has 46 heavy (non-hydrogen) atoms. The molecule has 0 radical (unpaired) electrons. The highest BCUT2D eigenvalue weighted by molar-refractivity contribution is 5.70. The summed E-state index contributed by atoms with van der Waals surface area (Å²) in [5.41, 5.74) is 4.19. The Bertz CT molecular complexity index is 923. The zero-order chi connectivity index (χ0) is 34.3. The van der Waals surface area contributed by atoms with Gasteiger partial charge in [0.05, 0.1) is 6.61 Å². The van der Waals surface area contributed by atoms with E-state index in [4.69, 9.17) is 4.74 Å². The minimum absolute atomic E-state index is 0.124. The van der Waals surface area contributed by atoms with E-state index in [-0.39, 0.29) is 16.8 Å². The second-order valence-electron chi connectivity index (χ2n) is 16.5. The van der Waals surface area contributed by atoms with Gasteiger partial charge < -0.3 is 9.84 Å². The zero-order valence-electron chi connectivity index (χ0n) is 32.2. The Kier molecular flexibility index (Phi) is 22.7. The lowest BCUT2D eigenvalue weighted by atomic mass is 9.71. The summed E-state index contributed by atoms with van der Waals surface area (Å²) in [6, 6.07) is 2.13. The molecule has 1 N–H and O–H groups in total. The van der Waals surface area contributed by atoms with Crippen LogP contribution >= 0.6 is 0 Å². The number of aryl methyl sites for hydroxylation is 1. The molecule has 3 heteroatoms. The number of carbonyl (C=O) groups is 1. The molecule has 0 bridgehead atoms. The lowest BCUT2D eigenvalue weighted by molar-refractivity contribution is -0.143. The molecule has 0 unspecified atom stereocenters. The van der Waals surface area contributed by atoms with Gasteiger partial charge in [0.15, 0.2) is 0 Å². The van der Waals surface area contributed by atoms with Gasteiger partial charge in [0.2, 0.25) is 0 Å². The Morgan fingerprint density at radius 3 is 1.43 bits per heavy atom. The highest BCUT2D eigenvalue weighted by Gasteiger charge is 2.31. The van der Waals surface area contributed by atoms with Crippen molar-refractivity contribution in [2.75, 3.05) is 6.61 Å². The smallest absolute Gasteiger partial charge is 0.306 e. The summed E-state index contributed by atoms with van der Waals surface area (Å²) in [6.45, 7) is 18.1. The summed E-state index contributed by atoms with van der Waals surface area (Å²) in [5, 5.41) is 11.1. The first kappa shape index (κ1) is 42.5. The number of unbranched alkanes of at least 4 members (excludes halogenated alkanes) is 21. The molecule has 3 nitrogen and oxygen atoms in total. The number of rotatable bonds is 28. The molecule has 1 aromatic rings. The van der Waals surface area contributed by atoms with E-state index in [1.165, 1.54) is 128 Å². The van der Waals surface area contributed by atoms with E-state index in [1.807, 2.05) is 6.92 Å². The first-order valence-corrected chi connectivity index (χ1v) is 19.9. The summed E-state index contributed by atoms with van der Waals surface area (Å²) in [4.78, 5) is 12.4. The van der Waals surface area contributed by atoms with Crippen LogP contribution in [0.5, 0.6) is 5.75 Å². The van der Waals surface area contributed by atoms with Crippen LogP contribution in [0.3, 0.4) is 0 Å². The van der Waals surface area contributed by atoms with E-state index in [0.29, 0.717) is 25.2 Å². The molecule has 268 valence electrons. The molecule has 0 amide bonds. The van der Waals surface area contributed by atoms with Crippen molar-refractivity contribution in [3.05, 3.63) is 28.3 Å². The van der Waals surface area contributed by atoms with E-state index in [1.54, 1.807) is 0 Å². The van der Waals surface area contributed by atoms with Crippen LogP contribution in [0.15, 0.2) is 6.07 Å². The van der Waals surface area contributed by atoms with Crippen LogP contribution in [-0.2, 0) is 21.4 Å². The first-order valence-electron chi connectivity index (χ1n) is 19.9. The Morgan fingerprint density at radius 1 is 0.652 bits per heavy atom. The minimum Gasteiger partial charge on any atom is -0.507 e. The first-order chi connectivity index (χ1) is 21.9. The highest BCUT2D eigenvalue weighted by atomic mass is 16.5. The third-order valence-electron chi connectivity index (χ3n) is 9.94. The molecular formula is C43H78O3. The molecule has 0 saturated carbocycles. The average Bonchev–Trinajstić information content (AvgIpc) is 2.98. The number of hydrogen-bond donors (Lipinski definition) is 1. The van der Waals surface area contributed by atoms with E-state index in [9.17, 15) is 9.90 Å². The second-order valence-corrected chi connectivity index (χ2v) is 16.5. The van der Waals surface area contributed by atoms with Crippen molar-refractivity contribution in [2.45, 2.75) is 221 Å². The van der Waals surface area contributed by atoms with Crippen molar-refractivity contribution < 1.29 is 14.6 Å². The molecule has 0 aliphatic carbocycles. The van der Waals surface area contributed by atoms with Crippen molar-refractivity contribution in [3.63, 3.8) is 0 Å². The van der Waals surface area contributed by atoms with Crippen molar-refractivity contribution in [2.24, 2.45) is 5.41 Å². The monoisotopic (exact) mass is 643 g/mol. The predicted octanol–water partition coefficient (Wildman–Crippen LogP) is 13.8. The Balaban J connectivity index is 2.02. The highest BCUT2D eigenvalue weighted by Crippen LogP contribution is 2.42. The molecule has 0 spiro atoms. The van der Waals surface area contributed by atoms with Crippen molar-refractivity contribution in [1.82, 2.24) is 0 Å². The number of benzene rings is 1. The molecule has 1 aromatic carbocycles. The van der Waals surface area contributed by atoms with Crippen LogP contribution in [0.25, 0.3) is 0 Å². The van der Waals surface area contributed by atoms with Crippen molar-refractivity contribution >= 4 is 5.97 Å². The Labute approximate surface area is 287 Å². The molecule has 0 aromatic heterocycles. The minimum atomic E-state index is -0.126. The van der Waals surface area contributed by atoms with Crippen LogP contribution in [0.2, 0.25) is 0 Å². The summed E-state index contributed by atoms with van der Waals surface area (Å²) < 4.78 is 5.55. The van der Waals surface area contributed by atoms with Crippen molar-refractivity contribution in [1.29, 1.82) is 0 Å². The van der Waals surface area contributed by atoms with E-state index in [2.05, 4.69) is 54.5 Å². The fourth-order valence-electron chi connectivity index (χ4n) is 7.53. The van der Waals surface area contributed by atoms with Gasteiger partial charge in [-0.2, -0.15) is 0 Å². The lowest BCUT2D eigenvalue weighted by Gasteiger charge is -2.34. The van der Waals surface area contributed by atoms with Crippen molar-refractivity contribution in [3.8, 4) is 5.75 Å². The number of phenolic OH excluding ortho intramolecular Hbond substituents is 1. The number of ether oxygens (including phenoxy) is 1. The van der Waals surface area contributed by atoms with Crippen LogP contribution in [0.4, 0.5) is 0 Å². The van der Waals surface area contributed by atoms with Crippen LogP contribution in [0, 0.1) is 19.3 Å². The number of carbonyl (C=O) groups excluding carboxylic acids is 1. The van der Waals surface area contributed by atoms with Crippen LogP contribution in [0.1, 0.15) is 218 Å². The number of hydrogen-bond acceptors (Lipinski definition) is 3. The third kappa shape index (κ3) is 20.0. The van der Waals surface area contributed by atoms with Crippen LogP contribution < -0.4 is 0 Å². The number of esters is 1. The van der Waals surface area contributed by atoms with Gasteiger partial charge in [0.1, 0.15) is 5.75 Å². The van der Waals surface area contributed by atoms with Gasteiger partial charge in [-0.15, -0.1) is 0 Å². The Morgan fingerprint density at radius 2 is 1.04 bits per heavy atom. The standard InChI is InChI=1S/C43H78O3/c1-9-10-11-12-13-14-15-16-17-18-19-20-21-22-23-24-25-26-27-28-29-30-33-46-40(44)32-31-38-36(2)34-39(41(45)37(38)3)43(7,8)35-42(4,5)6/h34,45H,9-33,35H2,1-8H3. The fourth-order valence-corrected chi connectivity index (χ4v) is 7.53. The predicted molar refractivity (Wildman–Crippen MR) is 201 cm³/mol. The van der Waals surface area contributed by atoms with E-state index in [0.717, 1.165) is 41.5 Å². The molecule has 0 atom stereocenters. The molecule has 0 aliphatic heterocycles. The molecule has 0 aliphatic rings. The van der Waals surface area contributed by atoms with Gasteiger partial charge >= 0.3 is 5.97 Å². The topological polar surface area (TPSA) is 46.5 Å². The average molecular weight is 643 g/mol. The van der Waals surface area contributed by atoms with Gasteiger partial charge in [-0.25, -0.2) is 0 Å². The maximum atomic E-state index is 12.4. The van der Waals surface area contributed by atoms with Gasteiger partial charge in [0.25, 0.3) is 0 Å². The second kappa shape index (κ2) is 24.6. The van der Waals surface area contributed by atoms with Gasteiger partial charge in [0, 0.05) is 12.0 Å². The molecule has 1 rings (SSSR count). The van der Waals surface area contributed by atoms with Gasteiger partial charge in [-0.1, -0.05) is 182 Å². The quantitative estimate of drug-likeness (QED) is 0.0730. The summed E-state index contributed by atoms with van der Waals surface area (Å²) in [6.07, 6.45) is 32.3. The molecule has 0 saturated heterocycles. The largest absolute Gasteiger partial charge is 0.507 e. The fraction of sp³-hybridized carbons (Fsp3) is 0.837. The molecule has 0 fully saturated rings. The lowest BCUT2D eigenvalue weighted by Crippen LogP contribution is -2.25. The van der Waals surface area contributed by atoms with E-state index >= 15 is 0 Å². The van der Waals surface area contributed by atoms with Gasteiger partial charge in [-0.3, -0.25) is 4.79 Å². The third-order valence-corrected chi connectivity index (χ3v) is 9.94. The molecule has 0 heterocycles. The number of phenols is 1. The van der Waals surface area contributed by atoms with Gasteiger partial charge in [-0.05, 0) is 60.6 Å². The van der Waals surface area contributed by atoms with Crippen LogP contribution in [-0.4, -0.2) is 17.7 Å². The normalized spacial score (nSPS) is 12.2. The summed E-state index contributed by atoms with van der Waals surface area (Å²) in [5.74, 6) is 0.261. The SMILES string of the molecule is CCCCCCCCCCCCCCCCCCCCCCCCOC(=O)CCc1c(C)cc(C(C)(C)CC(C)(C)C)c(O)c1C.